The molecule has 4 rings (SSSR count). The van der Waals surface area contributed by atoms with Gasteiger partial charge in [-0.25, -0.2) is 0 Å². The molecule has 1 aliphatic rings. The molecule has 0 aliphatic carbocycles. The number of carbonyl (C=O) groups excluding carboxylic acids is 1. The van der Waals surface area contributed by atoms with E-state index in [4.69, 9.17) is 0 Å². The number of carbonyl (C=O) groups is 1. The molecule has 1 saturated heterocycles. The van der Waals surface area contributed by atoms with Crippen molar-refractivity contribution < 1.29 is 4.79 Å². The number of hydrogen-bond acceptors (Lipinski definition) is 4. The van der Waals surface area contributed by atoms with Gasteiger partial charge in [0.25, 0.3) is 0 Å². The molecule has 6 heteroatoms. The van der Waals surface area contributed by atoms with Crippen LogP contribution in [0.2, 0.25) is 0 Å². The molecule has 0 saturated carbocycles. The minimum Gasteiger partial charge on any atom is -0.338 e. The first-order chi connectivity index (χ1) is 11.8. The predicted molar refractivity (Wildman–Crippen MR) is 94.9 cm³/mol. The van der Waals surface area contributed by atoms with E-state index in [-0.39, 0.29) is 11.8 Å². The maximum Gasteiger partial charge on any atom is 0.246 e. The van der Waals surface area contributed by atoms with Crippen molar-refractivity contribution in [3.8, 4) is 0 Å². The van der Waals surface area contributed by atoms with Gasteiger partial charge in [-0.3, -0.25) is 9.20 Å². The third-order valence-corrected chi connectivity index (χ3v) is 5.10. The van der Waals surface area contributed by atoms with Crippen LogP contribution in [0.5, 0.6) is 0 Å². The average molecular weight is 338 g/mol. The Hall–Kier alpha value is -2.47. The van der Waals surface area contributed by atoms with Crippen molar-refractivity contribution in [1.29, 1.82) is 0 Å². The number of pyridine rings is 1. The molecule has 0 bridgehead atoms. The average Bonchev–Trinajstić information content (AvgIpc) is 3.29. The standard InChI is InChI=1S/C18H18N4OS/c23-17(7-6-14-8-11-24-13-14)21-9-3-4-15(12-21)18-20-19-16-5-1-2-10-22(16)18/h1-2,5-8,10-11,13,15H,3-4,9,12H2/b7-6+/t15-/m0/s1. The van der Waals surface area contributed by atoms with Crippen LogP contribution in [0.15, 0.2) is 47.3 Å². The number of likely N-dealkylation sites (tertiary alicyclic amines) is 1. The van der Waals surface area contributed by atoms with Crippen molar-refractivity contribution in [2.75, 3.05) is 13.1 Å². The second-order valence-corrected chi connectivity index (χ2v) is 6.78. The molecule has 0 unspecified atom stereocenters. The molecule has 4 heterocycles. The summed E-state index contributed by atoms with van der Waals surface area (Å²) in [7, 11) is 0. The molecule has 1 aliphatic heterocycles. The van der Waals surface area contributed by atoms with Crippen LogP contribution in [-0.2, 0) is 4.79 Å². The summed E-state index contributed by atoms with van der Waals surface area (Å²) < 4.78 is 2.03. The molecule has 1 atom stereocenters. The van der Waals surface area contributed by atoms with E-state index >= 15 is 0 Å². The van der Waals surface area contributed by atoms with E-state index in [2.05, 4.69) is 10.2 Å². The molecule has 0 N–H and O–H groups in total. The summed E-state index contributed by atoms with van der Waals surface area (Å²) in [6, 6.07) is 7.90. The minimum atomic E-state index is 0.0692. The van der Waals surface area contributed by atoms with Gasteiger partial charge in [-0.2, -0.15) is 11.3 Å². The number of hydrogen-bond donors (Lipinski definition) is 0. The lowest BCUT2D eigenvalue weighted by molar-refractivity contribution is -0.127. The number of amides is 1. The summed E-state index contributed by atoms with van der Waals surface area (Å²) >= 11 is 1.63. The van der Waals surface area contributed by atoms with Gasteiger partial charge in [0.2, 0.25) is 5.91 Å². The highest BCUT2D eigenvalue weighted by molar-refractivity contribution is 7.08. The summed E-state index contributed by atoms with van der Waals surface area (Å²) in [5.41, 5.74) is 1.93. The molecule has 1 fully saturated rings. The quantitative estimate of drug-likeness (QED) is 0.689. The van der Waals surface area contributed by atoms with Gasteiger partial charge in [0.15, 0.2) is 5.65 Å². The molecular formula is C18H18N4OS. The van der Waals surface area contributed by atoms with Gasteiger partial charge in [-0.15, -0.1) is 10.2 Å². The summed E-state index contributed by atoms with van der Waals surface area (Å²) in [5.74, 6) is 1.25. The maximum absolute atomic E-state index is 12.5. The Kier molecular flexibility index (Phi) is 4.13. The van der Waals surface area contributed by atoms with Crippen molar-refractivity contribution in [3.63, 3.8) is 0 Å². The van der Waals surface area contributed by atoms with Crippen LogP contribution in [0.3, 0.4) is 0 Å². The van der Waals surface area contributed by atoms with Gasteiger partial charge >= 0.3 is 0 Å². The second-order valence-electron chi connectivity index (χ2n) is 6.00. The third-order valence-electron chi connectivity index (χ3n) is 4.40. The summed E-state index contributed by atoms with van der Waals surface area (Å²) in [5, 5.41) is 12.6. The van der Waals surface area contributed by atoms with Crippen LogP contribution in [0, 0.1) is 0 Å². The molecule has 3 aromatic heterocycles. The van der Waals surface area contributed by atoms with Gasteiger partial charge in [-0.05, 0) is 53.4 Å². The Bertz CT molecular complexity index is 868. The second kappa shape index (κ2) is 6.57. The van der Waals surface area contributed by atoms with E-state index in [1.54, 1.807) is 17.4 Å². The fraction of sp³-hybridized carbons (Fsp3) is 0.278. The topological polar surface area (TPSA) is 50.5 Å². The molecule has 0 aromatic carbocycles. The van der Waals surface area contributed by atoms with Crippen LogP contribution < -0.4 is 0 Å². The largest absolute Gasteiger partial charge is 0.338 e. The van der Waals surface area contributed by atoms with Gasteiger partial charge in [0.05, 0.1) is 0 Å². The van der Waals surface area contributed by atoms with Gasteiger partial charge < -0.3 is 4.90 Å². The number of nitrogens with zero attached hydrogens (tertiary/aromatic N) is 4. The molecule has 0 spiro atoms. The van der Waals surface area contributed by atoms with Crippen molar-refractivity contribution in [2.24, 2.45) is 0 Å². The fourth-order valence-electron chi connectivity index (χ4n) is 3.17. The highest BCUT2D eigenvalue weighted by Crippen LogP contribution is 2.26. The van der Waals surface area contributed by atoms with Crippen LogP contribution in [0.4, 0.5) is 0 Å². The van der Waals surface area contributed by atoms with E-state index in [0.717, 1.165) is 36.4 Å². The first-order valence-electron chi connectivity index (χ1n) is 8.10. The Morgan fingerprint density at radius 2 is 2.25 bits per heavy atom. The van der Waals surface area contributed by atoms with Crippen molar-refractivity contribution in [1.82, 2.24) is 19.5 Å². The van der Waals surface area contributed by atoms with E-state index in [9.17, 15) is 4.79 Å². The number of aromatic nitrogens is 3. The number of piperidine rings is 1. The SMILES string of the molecule is O=C(/C=C/c1ccsc1)N1CCC[C@H](c2nnc3ccccn23)C1. The van der Waals surface area contributed by atoms with Crippen LogP contribution in [0.1, 0.15) is 30.1 Å². The smallest absolute Gasteiger partial charge is 0.246 e. The molecule has 122 valence electrons. The summed E-state index contributed by atoms with van der Waals surface area (Å²) in [6.07, 6.45) is 7.57. The Morgan fingerprint density at radius 1 is 1.29 bits per heavy atom. The van der Waals surface area contributed by atoms with E-state index in [1.807, 2.05) is 56.6 Å². The highest BCUT2D eigenvalue weighted by atomic mass is 32.1. The monoisotopic (exact) mass is 338 g/mol. The van der Waals surface area contributed by atoms with Crippen molar-refractivity contribution in [2.45, 2.75) is 18.8 Å². The van der Waals surface area contributed by atoms with E-state index < -0.39 is 0 Å². The Labute approximate surface area is 144 Å². The number of thiophene rings is 1. The van der Waals surface area contributed by atoms with Gasteiger partial charge in [0.1, 0.15) is 5.82 Å². The van der Waals surface area contributed by atoms with Gasteiger partial charge in [0, 0.05) is 31.3 Å². The zero-order valence-corrected chi connectivity index (χ0v) is 14.0. The molecular weight excluding hydrogens is 320 g/mol. The van der Waals surface area contributed by atoms with E-state index in [0.29, 0.717) is 6.54 Å². The maximum atomic E-state index is 12.5. The zero-order chi connectivity index (χ0) is 16.4. The van der Waals surface area contributed by atoms with Crippen molar-refractivity contribution >= 4 is 29.0 Å². The lowest BCUT2D eigenvalue weighted by Crippen LogP contribution is -2.38. The highest BCUT2D eigenvalue weighted by Gasteiger charge is 2.26. The normalized spacial score (nSPS) is 18.5. The first kappa shape index (κ1) is 15.1. The fourth-order valence-corrected chi connectivity index (χ4v) is 3.80. The lowest BCUT2D eigenvalue weighted by atomic mass is 9.97. The predicted octanol–water partition coefficient (Wildman–Crippen LogP) is 3.21. The molecule has 24 heavy (non-hydrogen) atoms. The first-order valence-corrected chi connectivity index (χ1v) is 9.04. The molecule has 5 nitrogen and oxygen atoms in total. The van der Waals surface area contributed by atoms with Crippen LogP contribution in [0.25, 0.3) is 11.7 Å². The third kappa shape index (κ3) is 2.97. The van der Waals surface area contributed by atoms with Crippen LogP contribution in [-0.4, -0.2) is 38.5 Å². The summed E-state index contributed by atoms with van der Waals surface area (Å²) in [6.45, 7) is 1.50. The molecule has 1 amide bonds. The van der Waals surface area contributed by atoms with E-state index in [1.165, 1.54) is 0 Å². The van der Waals surface area contributed by atoms with Crippen LogP contribution >= 0.6 is 11.3 Å². The number of fused-ring (bicyclic) bond motifs is 1. The lowest BCUT2D eigenvalue weighted by Gasteiger charge is -2.31. The number of rotatable bonds is 3. The minimum absolute atomic E-state index is 0.0692. The zero-order valence-electron chi connectivity index (χ0n) is 13.2. The molecule has 3 aromatic rings. The van der Waals surface area contributed by atoms with Gasteiger partial charge in [-0.1, -0.05) is 6.07 Å². The summed E-state index contributed by atoms with van der Waals surface area (Å²) in [4.78, 5) is 14.4. The Morgan fingerprint density at radius 3 is 3.12 bits per heavy atom. The van der Waals surface area contributed by atoms with Crippen molar-refractivity contribution in [3.05, 3.63) is 58.7 Å². The molecule has 0 radical (unpaired) electrons. The Balaban J connectivity index is 1.50.